The van der Waals surface area contributed by atoms with Crippen LogP contribution in [0.4, 0.5) is 11.4 Å². The van der Waals surface area contributed by atoms with Gasteiger partial charge in [-0.3, -0.25) is 19.6 Å². The molecule has 0 radical (unpaired) electrons. The number of benzene rings is 3. The highest BCUT2D eigenvalue weighted by Gasteiger charge is 2.15. The largest absolute Gasteiger partial charge is 0.490 e. The fourth-order valence-corrected chi connectivity index (χ4v) is 3.71. The van der Waals surface area contributed by atoms with E-state index in [1.165, 1.54) is 12.1 Å². The van der Waals surface area contributed by atoms with Crippen molar-refractivity contribution in [2.24, 2.45) is 12.0 Å². The molecular weight excluding hydrogens is 460 g/mol. The maximum atomic E-state index is 13.1. The second kappa shape index (κ2) is 10.7. The highest BCUT2D eigenvalue weighted by atomic mass is 16.6. The molecular formula is C27H26N4O5. The SMILES string of the molecule is CCOc1cc(C=Nc2c(C)n(C)n(-c3ccccc3)c2=O)ccc1OCc1ccc([N+](=O)[O-])cc1. The van der Waals surface area contributed by atoms with Gasteiger partial charge in [-0.2, -0.15) is 0 Å². The summed E-state index contributed by atoms with van der Waals surface area (Å²) in [5, 5.41) is 10.8. The van der Waals surface area contributed by atoms with Crippen LogP contribution in [0.2, 0.25) is 0 Å². The van der Waals surface area contributed by atoms with Crippen molar-refractivity contribution in [1.29, 1.82) is 0 Å². The molecule has 0 atom stereocenters. The molecule has 184 valence electrons. The lowest BCUT2D eigenvalue weighted by Crippen LogP contribution is -2.19. The lowest BCUT2D eigenvalue weighted by Gasteiger charge is -2.12. The zero-order valence-corrected chi connectivity index (χ0v) is 20.2. The van der Waals surface area contributed by atoms with E-state index in [1.54, 1.807) is 39.8 Å². The van der Waals surface area contributed by atoms with Crippen LogP contribution < -0.4 is 15.0 Å². The normalized spacial score (nSPS) is 11.1. The first-order valence-corrected chi connectivity index (χ1v) is 11.4. The lowest BCUT2D eigenvalue weighted by atomic mass is 10.2. The van der Waals surface area contributed by atoms with E-state index in [1.807, 2.05) is 57.3 Å². The van der Waals surface area contributed by atoms with Crippen molar-refractivity contribution in [3.8, 4) is 17.2 Å². The summed E-state index contributed by atoms with van der Waals surface area (Å²) in [6, 6.07) is 21.0. The highest BCUT2D eigenvalue weighted by molar-refractivity contribution is 5.83. The van der Waals surface area contributed by atoms with Crippen molar-refractivity contribution in [2.75, 3.05) is 6.61 Å². The second-order valence-corrected chi connectivity index (χ2v) is 8.02. The molecule has 0 N–H and O–H groups in total. The first-order chi connectivity index (χ1) is 17.4. The van der Waals surface area contributed by atoms with Gasteiger partial charge in [0.05, 0.1) is 22.9 Å². The van der Waals surface area contributed by atoms with Gasteiger partial charge in [0, 0.05) is 25.4 Å². The number of nitro groups is 1. The minimum absolute atomic E-state index is 0.0292. The van der Waals surface area contributed by atoms with Gasteiger partial charge in [0.1, 0.15) is 6.61 Å². The Morgan fingerprint density at radius 1 is 1.00 bits per heavy atom. The monoisotopic (exact) mass is 486 g/mol. The van der Waals surface area contributed by atoms with Crippen molar-refractivity contribution in [1.82, 2.24) is 9.36 Å². The number of aromatic nitrogens is 2. The zero-order valence-electron chi connectivity index (χ0n) is 20.2. The molecule has 9 nitrogen and oxygen atoms in total. The third kappa shape index (κ3) is 5.20. The molecule has 0 saturated heterocycles. The molecule has 0 unspecified atom stereocenters. The number of hydrogen-bond donors (Lipinski definition) is 0. The molecule has 3 aromatic carbocycles. The van der Waals surface area contributed by atoms with Crippen molar-refractivity contribution in [2.45, 2.75) is 20.5 Å². The average molecular weight is 487 g/mol. The molecule has 36 heavy (non-hydrogen) atoms. The first kappa shape index (κ1) is 24.5. The predicted octanol–water partition coefficient (Wildman–Crippen LogP) is 5.12. The molecule has 0 aliphatic carbocycles. The number of ether oxygens (including phenoxy) is 2. The summed E-state index contributed by atoms with van der Waals surface area (Å²) in [4.78, 5) is 28.0. The smallest absolute Gasteiger partial charge is 0.297 e. The van der Waals surface area contributed by atoms with Gasteiger partial charge in [-0.1, -0.05) is 18.2 Å². The van der Waals surface area contributed by atoms with Crippen molar-refractivity contribution in [3.05, 3.63) is 110 Å². The van der Waals surface area contributed by atoms with E-state index in [0.717, 1.165) is 22.5 Å². The van der Waals surface area contributed by atoms with Crippen LogP contribution in [0, 0.1) is 17.0 Å². The van der Waals surface area contributed by atoms with Crippen molar-refractivity contribution in [3.63, 3.8) is 0 Å². The first-order valence-electron chi connectivity index (χ1n) is 11.4. The van der Waals surface area contributed by atoms with Gasteiger partial charge in [0.2, 0.25) is 0 Å². The summed E-state index contributed by atoms with van der Waals surface area (Å²) in [5.41, 5.74) is 3.23. The van der Waals surface area contributed by atoms with Gasteiger partial charge in [-0.25, -0.2) is 9.67 Å². The van der Waals surface area contributed by atoms with Gasteiger partial charge < -0.3 is 9.47 Å². The minimum atomic E-state index is -0.438. The van der Waals surface area contributed by atoms with Gasteiger partial charge in [-0.15, -0.1) is 0 Å². The molecule has 9 heteroatoms. The van der Waals surface area contributed by atoms with Gasteiger partial charge in [-0.05, 0) is 67.4 Å². The summed E-state index contributed by atoms with van der Waals surface area (Å²) in [6.07, 6.45) is 1.63. The Balaban J connectivity index is 1.55. The van der Waals surface area contributed by atoms with E-state index in [2.05, 4.69) is 4.99 Å². The Bertz CT molecular complexity index is 1450. The summed E-state index contributed by atoms with van der Waals surface area (Å²) in [6.45, 7) is 4.40. The Kier molecular flexibility index (Phi) is 7.29. The van der Waals surface area contributed by atoms with Gasteiger partial charge in [0.15, 0.2) is 17.2 Å². The fraction of sp³-hybridized carbons (Fsp3) is 0.185. The Morgan fingerprint density at radius 3 is 2.39 bits per heavy atom. The Labute approximate surface area is 208 Å². The van der Waals surface area contributed by atoms with Gasteiger partial charge in [0.25, 0.3) is 11.2 Å². The van der Waals surface area contributed by atoms with E-state index in [0.29, 0.717) is 23.8 Å². The van der Waals surface area contributed by atoms with Crippen LogP contribution >= 0.6 is 0 Å². The average Bonchev–Trinajstić information content (AvgIpc) is 3.10. The van der Waals surface area contributed by atoms with E-state index in [9.17, 15) is 14.9 Å². The molecule has 0 fully saturated rings. The molecule has 0 aliphatic heterocycles. The number of rotatable bonds is 9. The molecule has 0 spiro atoms. The summed E-state index contributed by atoms with van der Waals surface area (Å²) < 4.78 is 15.0. The third-order valence-electron chi connectivity index (χ3n) is 5.68. The number of nitro benzene ring substituents is 1. The van der Waals surface area contributed by atoms with Crippen LogP contribution in [0.25, 0.3) is 5.69 Å². The standard InChI is InChI=1S/C27H26N4O5/c1-4-35-25-16-21(12-15-24(25)36-18-20-10-13-23(14-11-20)31(33)34)17-28-26-19(2)29(3)30(27(26)32)22-8-6-5-7-9-22/h5-17H,4,18H2,1-3H3. The van der Waals surface area contributed by atoms with Crippen LogP contribution in [0.5, 0.6) is 11.5 Å². The lowest BCUT2D eigenvalue weighted by molar-refractivity contribution is -0.384. The second-order valence-electron chi connectivity index (χ2n) is 8.02. The Morgan fingerprint density at radius 2 is 1.72 bits per heavy atom. The Hall–Kier alpha value is -4.66. The minimum Gasteiger partial charge on any atom is -0.490 e. The van der Waals surface area contributed by atoms with Crippen LogP contribution in [-0.2, 0) is 13.7 Å². The zero-order chi connectivity index (χ0) is 25.7. The number of para-hydroxylation sites is 1. The molecule has 4 aromatic rings. The van der Waals surface area contributed by atoms with Crippen molar-refractivity contribution < 1.29 is 14.4 Å². The quantitative estimate of drug-likeness (QED) is 0.186. The number of aliphatic imine (C=N–C) groups is 1. The molecule has 1 aromatic heterocycles. The van der Waals surface area contributed by atoms with Gasteiger partial charge >= 0.3 is 0 Å². The molecule has 1 heterocycles. The molecule has 0 bridgehead atoms. The van der Waals surface area contributed by atoms with Crippen LogP contribution in [0.15, 0.2) is 82.6 Å². The number of non-ortho nitro benzene ring substituents is 1. The van der Waals surface area contributed by atoms with E-state index >= 15 is 0 Å². The topological polar surface area (TPSA) is 101 Å². The van der Waals surface area contributed by atoms with Crippen LogP contribution in [0.1, 0.15) is 23.7 Å². The molecule has 4 rings (SSSR count). The van der Waals surface area contributed by atoms with Crippen LogP contribution in [-0.4, -0.2) is 27.1 Å². The highest BCUT2D eigenvalue weighted by Crippen LogP contribution is 2.29. The molecule has 0 amide bonds. The predicted molar refractivity (Wildman–Crippen MR) is 138 cm³/mol. The van der Waals surface area contributed by atoms with E-state index in [-0.39, 0.29) is 17.9 Å². The third-order valence-corrected chi connectivity index (χ3v) is 5.68. The number of hydrogen-bond acceptors (Lipinski definition) is 6. The van der Waals surface area contributed by atoms with Crippen LogP contribution in [0.3, 0.4) is 0 Å². The van der Waals surface area contributed by atoms with Crippen molar-refractivity contribution >= 4 is 17.6 Å². The summed E-state index contributed by atoms with van der Waals surface area (Å²) in [5.74, 6) is 1.07. The van der Waals surface area contributed by atoms with E-state index < -0.39 is 4.92 Å². The summed E-state index contributed by atoms with van der Waals surface area (Å²) >= 11 is 0. The number of nitrogens with zero attached hydrogens (tertiary/aromatic N) is 4. The molecule has 0 aliphatic rings. The summed E-state index contributed by atoms with van der Waals surface area (Å²) in [7, 11) is 1.83. The fourth-order valence-electron chi connectivity index (χ4n) is 3.71. The van der Waals surface area contributed by atoms with E-state index in [4.69, 9.17) is 9.47 Å². The maximum Gasteiger partial charge on any atom is 0.297 e. The molecule has 0 saturated carbocycles. The maximum absolute atomic E-state index is 13.1.